The molecule has 2 aromatic rings. The lowest BCUT2D eigenvalue weighted by Gasteiger charge is -2.28. The highest BCUT2D eigenvalue weighted by molar-refractivity contribution is 9.10. The molecule has 0 heterocycles. The molecule has 1 aliphatic carbocycles. The normalized spacial score (nSPS) is 17.2. The molecule has 1 aliphatic rings. The quantitative estimate of drug-likeness (QED) is 0.819. The average Bonchev–Trinajstić information content (AvgIpc) is 2.51. The molecule has 2 aromatic carbocycles. The Morgan fingerprint density at radius 1 is 1.19 bits per heavy atom. The van der Waals surface area contributed by atoms with E-state index in [0.29, 0.717) is 6.04 Å². The van der Waals surface area contributed by atoms with Crippen molar-refractivity contribution in [3.05, 3.63) is 57.6 Å². The lowest BCUT2D eigenvalue weighted by atomic mass is 9.87. The monoisotopic (exact) mass is 345 g/mol. The molecule has 0 radical (unpaired) electrons. The van der Waals surface area contributed by atoms with Crippen LogP contribution in [-0.4, -0.2) is 7.11 Å². The molecule has 0 bridgehead atoms. The minimum atomic E-state index is 0.349. The van der Waals surface area contributed by atoms with Crippen LogP contribution in [0.15, 0.2) is 40.9 Å². The molecule has 0 fully saturated rings. The van der Waals surface area contributed by atoms with Gasteiger partial charge in [0.2, 0.25) is 0 Å². The largest absolute Gasteiger partial charge is 0.497 e. The predicted octanol–water partition coefficient (Wildman–Crippen LogP) is 5.26. The van der Waals surface area contributed by atoms with Crippen LogP contribution in [0, 0.1) is 6.92 Å². The fraction of sp³-hybridized carbons (Fsp3) is 0.333. The zero-order chi connectivity index (χ0) is 14.8. The molecule has 0 aliphatic heterocycles. The fourth-order valence-corrected chi connectivity index (χ4v) is 3.35. The minimum Gasteiger partial charge on any atom is -0.497 e. The molecule has 1 atom stereocenters. The van der Waals surface area contributed by atoms with Gasteiger partial charge in [-0.15, -0.1) is 0 Å². The van der Waals surface area contributed by atoms with Crippen molar-refractivity contribution in [3.8, 4) is 5.75 Å². The number of fused-ring (bicyclic) bond motifs is 1. The van der Waals surface area contributed by atoms with Crippen molar-refractivity contribution >= 4 is 21.6 Å². The van der Waals surface area contributed by atoms with Crippen molar-refractivity contribution in [3.63, 3.8) is 0 Å². The third kappa shape index (κ3) is 3.08. The number of anilines is 1. The second kappa shape index (κ2) is 6.10. The number of ether oxygens (including phenoxy) is 1. The van der Waals surface area contributed by atoms with Crippen LogP contribution in [0.25, 0.3) is 0 Å². The Bertz CT molecular complexity index is 654. The Hall–Kier alpha value is -1.48. The van der Waals surface area contributed by atoms with Gasteiger partial charge < -0.3 is 10.1 Å². The van der Waals surface area contributed by atoms with Crippen LogP contribution < -0.4 is 10.1 Å². The molecular weight excluding hydrogens is 326 g/mol. The molecule has 0 saturated carbocycles. The summed E-state index contributed by atoms with van der Waals surface area (Å²) >= 11 is 3.64. The van der Waals surface area contributed by atoms with Crippen LogP contribution in [-0.2, 0) is 6.42 Å². The van der Waals surface area contributed by atoms with Gasteiger partial charge in [0.05, 0.1) is 13.2 Å². The third-order valence-corrected chi connectivity index (χ3v) is 4.81. The minimum absolute atomic E-state index is 0.349. The van der Waals surface area contributed by atoms with Crippen LogP contribution in [0.1, 0.15) is 35.6 Å². The molecule has 3 heteroatoms. The van der Waals surface area contributed by atoms with E-state index in [0.717, 1.165) is 28.8 Å². The van der Waals surface area contributed by atoms with Crippen molar-refractivity contribution in [1.82, 2.24) is 0 Å². The molecule has 21 heavy (non-hydrogen) atoms. The van der Waals surface area contributed by atoms with Gasteiger partial charge in [-0.25, -0.2) is 0 Å². The standard InChI is InChI=1S/C18H20BrNO/c1-12-6-9-16(19)18(10-12)20-17-5-3-4-13-7-8-14(21-2)11-15(13)17/h6-11,17,20H,3-5H2,1-2H3. The van der Waals surface area contributed by atoms with Gasteiger partial charge in [0, 0.05) is 10.2 Å². The number of benzene rings is 2. The van der Waals surface area contributed by atoms with Gasteiger partial charge in [0.25, 0.3) is 0 Å². The second-order valence-electron chi connectivity index (χ2n) is 5.64. The van der Waals surface area contributed by atoms with Gasteiger partial charge >= 0.3 is 0 Å². The number of aryl methyl sites for hydroxylation is 2. The topological polar surface area (TPSA) is 21.3 Å². The highest BCUT2D eigenvalue weighted by Crippen LogP contribution is 2.36. The van der Waals surface area contributed by atoms with Gasteiger partial charge in [-0.1, -0.05) is 12.1 Å². The van der Waals surface area contributed by atoms with Crippen LogP contribution in [0.2, 0.25) is 0 Å². The van der Waals surface area contributed by atoms with Crippen LogP contribution in [0.5, 0.6) is 5.75 Å². The first-order chi connectivity index (χ1) is 10.2. The zero-order valence-electron chi connectivity index (χ0n) is 12.4. The fourth-order valence-electron chi connectivity index (χ4n) is 2.99. The Kier molecular flexibility index (Phi) is 4.20. The summed E-state index contributed by atoms with van der Waals surface area (Å²) < 4.78 is 6.50. The summed E-state index contributed by atoms with van der Waals surface area (Å²) in [5.41, 5.74) is 5.23. The summed E-state index contributed by atoms with van der Waals surface area (Å²) in [5, 5.41) is 3.70. The number of rotatable bonds is 3. The molecule has 110 valence electrons. The predicted molar refractivity (Wildman–Crippen MR) is 91.2 cm³/mol. The SMILES string of the molecule is COc1ccc2c(c1)C(Nc1cc(C)ccc1Br)CCC2. The first-order valence-electron chi connectivity index (χ1n) is 7.37. The Morgan fingerprint density at radius 2 is 2.05 bits per heavy atom. The maximum Gasteiger partial charge on any atom is 0.119 e. The maximum absolute atomic E-state index is 5.38. The van der Waals surface area contributed by atoms with Gasteiger partial charge in [0.15, 0.2) is 0 Å². The molecule has 0 spiro atoms. The summed E-state index contributed by atoms with van der Waals surface area (Å²) in [7, 11) is 1.73. The molecular formula is C18H20BrNO. The van der Waals surface area contributed by atoms with E-state index in [-0.39, 0.29) is 0 Å². The van der Waals surface area contributed by atoms with Gasteiger partial charge in [-0.3, -0.25) is 0 Å². The van der Waals surface area contributed by atoms with Gasteiger partial charge in [-0.2, -0.15) is 0 Å². The van der Waals surface area contributed by atoms with E-state index >= 15 is 0 Å². The highest BCUT2D eigenvalue weighted by Gasteiger charge is 2.21. The van der Waals surface area contributed by atoms with E-state index in [2.05, 4.69) is 64.6 Å². The smallest absolute Gasteiger partial charge is 0.119 e. The van der Waals surface area contributed by atoms with Gasteiger partial charge in [0.1, 0.15) is 5.75 Å². The van der Waals surface area contributed by atoms with Crippen LogP contribution >= 0.6 is 15.9 Å². The van der Waals surface area contributed by atoms with E-state index in [1.165, 1.54) is 23.1 Å². The molecule has 1 N–H and O–H groups in total. The van der Waals surface area contributed by atoms with Crippen LogP contribution in [0.3, 0.4) is 0 Å². The molecule has 1 unspecified atom stereocenters. The molecule has 0 aromatic heterocycles. The number of hydrogen-bond donors (Lipinski definition) is 1. The number of methoxy groups -OCH3 is 1. The Morgan fingerprint density at radius 3 is 2.86 bits per heavy atom. The highest BCUT2D eigenvalue weighted by atomic mass is 79.9. The van der Waals surface area contributed by atoms with Crippen LogP contribution in [0.4, 0.5) is 5.69 Å². The average molecular weight is 346 g/mol. The first kappa shape index (κ1) is 14.5. The molecule has 0 amide bonds. The summed E-state index contributed by atoms with van der Waals surface area (Å²) in [6, 6.07) is 13.2. The van der Waals surface area contributed by atoms with E-state index in [1.54, 1.807) is 7.11 Å². The van der Waals surface area contributed by atoms with Crippen molar-refractivity contribution < 1.29 is 4.74 Å². The summed E-state index contributed by atoms with van der Waals surface area (Å²) in [5.74, 6) is 0.936. The summed E-state index contributed by atoms with van der Waals surface area (Å²) in [6.07, 6.45) is 3.54. The first-order valence-corrected chi connectivity index (χ1v) is 8.16. The molecule has 0 saturated heterocycles. The summed E-state index contributed by atoms with van der Waals surface area (Å²) in [6.45, 7) is 2.12. The van der Waals surface area contributed by atoms with Gasteiger partial charge in [-0.05, 0) is 83.1 Å². The zero-order valence-corrected chi connectivity index (χ0v) is 14.0. The van der Waals surface area contributed by atoms with E-state index < -0.39 is 0 Å². The van der Waals surface area contributed by atoms with E-state index in [9.17, 15) is 0 Å². The van der Waals surface area contributed by atoms with Crippen molar-refractivity contribution in [2.75, 3.05) is 12.4 Å². The van der Waals surface area contributed by atoms with Crippen molar-refractivity contribution in [1.29, 1.82) is 0 Å². The maximum atomic E-state index is 5.38. The number of halogens is 1. The second-order valence-corrected chi connectivity index (χ2v) is 6.49. The third-order valence-electron chi connectivity index (χ3n) is 4.12. The molecule has 2 nitrogen and oxygen atoms in total. The Balaban J connectivity index is 1.92. The number of hydrogen-bond acceptors (Lipinski definition) is 2. The van der Waals surface area contributed by atoms with E-state index in [4.69, 9.17) is 4.74 Å². The Labute approximate surface area is 134 Å². The number of nitrogens with one attached hydrogen (secondary N) is 1. The van der Waals surface area contributed by atoms with Crippen molar-refractivity contribution in [2.45, 2.75) is 32.2 Å². The van der Waals surface area contributed by atoms with E-state index in [1.807, 2.05) is 0 Å². The summed E-state index contributed by atoms with van der Waals surface area (Å²) in [4.78, 5) is 0. The lowest BCUT2D eigenvalue weighted by Crippen LogP contribution is -2.17. The molecule has 3 rings (SSSR count). The lowest BCUT2D eigenvalue weighted by molar-refractivity contribution is 0.413. The van der Waals surface area contributed by atoms with Crippen molar-refractivity contribution in [2.24, 2.45) is 0 Å².